The fourth-order valence-corrected chi connectivity index (χ4v) is 1.75. The molecule has 4 nitrogen and oxygen atoms in total. The first-order valence-corrected chi connectivity index (χ1v) is 5.66. The van der Waals surface area contributed by atoms with Gasteiger partial charge in [0, 0.05) is 26.7 Å². The van der Waals surface area contributed by atoms with Crippen LogP contribution >= 0.6 is 0 Å². The van der Waals surface area contributed by atoms with Gasteiger partial charge in [-0.05, 0) is 20.3 Å². The molecule has 1 rings (SSSR count). The van der Waals surface area contributed by atoms with Gasteiger partial charge >= 0.3 is 0 Å². The molecule has 1 heterocycles. The predicted molar refractivity (Wildman–Crippen MR) is 59.7 cm³/mol. The molecule has 88 valence electrons. The lowest BCUT2D eigenvalue weighted by Crippen LogP contribution is -2.62. The van der Waals surface area contributed by atoms with E-state index in [-0.39, 0.29) is 5.91 Å². The Morgan fingerprint density at radius 2 is 2.13 bits per heavy atom. The molecule has 0 aliphatic carbocycles. The molecule has 0 aromatic carbocycles. The van der Waals surface area contributed by atoms with Crippen LogP contribution in [0.5, 0.6) is 0 Å². The lowest BCUT2D eigenvalue weighted by Gasteiger charge is -2.41. The van der Waals surface area contributed by atoms with Gasteiger partial charge in [-0.2, -0.15) is 0 Å². The molecule has 1 saturated heterocycles. The standard InChI is InChI=1S/C11H22N2O2/c1-5-11(3,15-4)10(14)13(6-2)9-7-12-8-9/h9,12H,5-8H2,1-4H3. The summed E-state index contributed by atoms with van der Waals surface area (Å²) in [5.41, 5.74) is -0.661. The average Bonchev–Trinajstić information content (AvgIpc) is 2.20. The maximum atomic E-state index is 12.3. The van der Waals surface area contributed by atoms with Gasteiger partial charge in [0.25, 0.3) is 5.91 Å². The Morgan fingerprint density at radius 1 is 1.53 bits per heavy atom. The predicted octanol–water partition coefficient (Wildman–Crippen LogP) is 0.622. The highest BCUT2D eigenvalue weighted by atomic mass is 16.5. The lowest BCUT2D eigenvalue weighted by molar-refractivity contribution is -0.156. The molecule has 0 spiro atoms. The Balaban J connectivity index is 2.70. The van der Waals surface area contributed by atoms with Crippen molar-refractivity contribution in [3.05, 3.63) is 0 Å². The first-order valence-electron chi connectivity index (χ1n) is 5.66. The van der Waals surface area contributed by atoms with Gasteiger partial charge < -0.3 is 15.0 Å². The van der Waals surface area contributed by atoms with E-state index in [2.05, 4.69) is 5.32 Å². The van der Waals surface area contributed by atoms with Crippen LogP contribution in [0.4, 0.5) is 0 Å². The number of carbonyl (C=O) groups is 1. The van der Waals surface area contributed by atoms with Crippen LogP contribution in [0, 0.1) is 0 Å². The summed E-state index contributed by atoms with van der Waals surface area (Å²) in [6, 6.07) is 0.350. The number of likely N-dealkylation sites (N-methyl/N-ethyl adjacent to an activating group) is 1. The monoisotopic (exact) mass is 214 g/mol. The van der Waals surface area contributed by atoms with E-state index in [0.717, 1.165) is 19.6 Å². The zero-order valence-electron chi connectivity index (χ0n) is 10.2. The number of methoxy groups -OCH3 is 1. The third kappa shape index (κ3) is 2.32. The molecular weight excluding hydrogens is 192 g/mol. The molecule has 0 saturated carbocycles. The van der Waals surface area contributed by atoms with Crippen LogP contribution in [-0.4, -0.2) is 49.2 Å². The van der Waals surface area contributed by atoms with Gasteiger partial charge in [0.15, 0.2) is 0 Å². The van der Waals surface area contributed by atoms with Gasteiger partial charge in [0.1, 0.15) is 5.60 Å². The molecule has 1 amide bonds. The van der Waals surface area contributed by atoms with Crippen molar-refractivity contribution in [2.24, 2.45) is 0 Å². The minimum absolute atomic E-state index is 0.113. The van der Waals surface area contributed by atoms with Crippen LogP contribution in [0.15, 0.2) is 0 Å². The molecule has 1 aliphatic heterocycles. The molecule has 0 aromatic heterocycles. The summed E-state index contributed by atoms with van der Waals surface area (Å²) in [7, 11) is 1.61. The number of hydrogen-bond acceptors (Lipinski definition) is 3. The van der Waals surface area contributed by atoms with Crippen molar-refractivity contribution in [3.8, 4) is 0 Å². The molecule has 4 heteroatoms. The van der Waals surface area contributed by atoms with Crippen LogP contribution < -0.4 is 5.32 Å². The number of nitrogens with zero attached hydrogens (tertiary/aromatic N) is 1. The van der Waals surface area contributed by atoms with Gasteiger partial charge in [-0.3, -0.25) is 4.79 Å². The van der Waals surface area contributed by atoms with Gasteiger partial charge in [-0.1, -0.05) is 6.92 Å². The van der Waals surface area contributed by atoms with Crippen molar-refractivity contribution in [2.75, 3.05) is 26.7 Å². The molecular formula is C11H22N2O2. The van der Waals surface area contributed by atoms with Crippen molar-refractivity contribution in [2.45, 2.75) is 38.8 Å². The Labute approximate surface area is 92.0 Å². The Morgan fingerprint density at radius 3 is 2.40 bits per heavy atom. The third-order valence-corrected chi connectivity index (χ3v) is 3.38. The van der Waals surface area contributed by atoms with E-state index in [0.29, 0.717) is 12.5 Å². The van der Waals surface area contributed by atoms with Crippen molar-refractivity contribution < 1.29 is 9.53 Å². The Bertz CT molecular complexity index is 223. The smallest absolute Gasteiger partial charge is 0.254 e. The van der Waals surface area contributed by atoms with Gasteiger partial charge in [-0.25, -0.2) is 0 Å². The summed E-state index contributed by atoms with van der Waals surface area (Å²) in [5, 5.41) is 3.18. The van der Waals surface area contributed by atoms with Gasteiger partial charge in [0.2, 0.25) is 0 Å². The third-order valence-electron chi connectivity index (χ3n) is 3.38. The Kier molecular flexibility index (Phi) is 4.11. The quantitative estimate of drug-likeness (QED) is 0.729. The normalized spacial score (nSPS) is 20.5. The molecule has 1 unspecified atom stereocenters. The minimum Gasteiger partial charge on any atom is -0.369 e. The molecule has 1 fully saturated rings. The van der Waals surface area contributed by atoms with E-state index < -0.39 is 5.60 Å². The summed E-state index contributed by atoms with van der Waals surface area (Å²) < 4.78 is 5.34. The second kappa shape index (κ2) is 4.94. The van der Waals surface area contributed by atoms with Crippen LogP contribution in [0.1, 0.15) is 27.2 Å². The van der Waals surface area contributed by atoms with Crippen molar-refractivity contribution in [1.29, 1.82) is 0 Å². The SMILES string of the molecule is CCN(C(=O)C(C)(CC)OC)C1CNC1. The fourth-order valence-electron chi connectivity index (χ4n) is 1.75. The van der Waals surface area contributed by atoms with Crippen LogP contribution in [-0.2, 0) is 9.53 Å². The van der Waals surface area contributed by atoms with Crippen molar-refractivity contribution in [1.82, 2.24) is 10.2 Å². The summed E-state index contributed by atoms with van der Waals surface area (Å²) >= 11 is 0. The van der Waals surface area contributed by atoms with Crippen LogP contribution in [0.3, 0.4) is 0 Å². The fraction of sp³-hybridized carbons (Fsp3) is 0.909. The number of amides is 1. The number of nitrogens with one attached hydrogen (secondary N) is 1. The molecule has 0 bridgehead atoms. The molecule has 1 aliphatic rings. The zero-order valence-corrected chi connectivity index (χ0v) is 10.2. The molecule has 15 heavy (non-hydrogen) atoms. The number of rotatable bonds is 5. The molecule has 0 aromatic rings. The second-order valence-electron chi connectivity index (χ2n) is 4.19. The van der Waals surface area contributed by atoms with Crippen molar-refractivity contribution >= 4 is 5.91 Å². The highest BCUT2D eigenvalue weighted by Crippen LogP contribution is 2.20. The van der Waals surface area contributed by atoms with Crippen molar-refractivity contribution in [3.63, 3.8) is 0 Å². The molecule has 0 radical (unpaired) electrons. The Hall–Kier alpha value is -0.610. The van der Waals surface area contributed by atoms with E-state index in [9.17, 15) is 4.79 Å². The summed E-state index contributed by atoms with van der Waals surface area (Å²) in [6.45, 7) is 8.43. The van der Waals surface area contributed by atoms with E-state index >= 15 is 0 Å². The highest BCUT2D eigenvalue weighted by Gasteiger charge is 2.38. The second-order valence-corrected chi connectivity index (χ2v) is 4.19. The van der Waals surface area contributed by atoms with Gasteiger partial charge in [-0.15, -0.1) is 0 Å². The van der Waals surface area contributed by atoms with E-state index in [1.165, 1.54) is 0 Å². The maximum Gasteiger partial charge on any atom is 0.254 e. The largest absolute Gasteiger partial charge is 0.369 e. The summed E-state index contributed by atoms with van der Waals surface area (Å²) in [4.78, 5) is 14.2. The van der Waals surface area contributed by atoms with Crippen LogP contribution in [0.25, 0.3) is 0 Å². The van der Waals surface area contributed by atoms with E-state index in [1.54, 1.807) is 7.11 Å². The zero-order chi connectivity index (χ0) is 11.5. The average molecular weight is 214 g/mol. The minimum atomic E-state index is -0.661. The van der Waals surface area contributed by atoms with E-state index in [4.69, 9.17) is 4.74 Å². The number of ether oxygens (including phenoxy) is 1. The lowest BCUT2D eigenvalue weighted by atomic mass is 9.99. The summed E-state index contributed by atoms with van der Waals surface area (Å²) in [5.74, 6) is 0.113. The molecule has 1 atom stereocenters. The van der Waals surface area contributed by atoms with Gasteiger partial charge in [0.05, 0.1) is 6.04 Å². The number of carbonyl (C=O) groups excluding carboxylic acids is 1. The highest BCUT2D eigenvalue weighted by molar-refractivity contribution is 5.85. The molecule has 1 N–H and O–H groups in total. The van der Waals surface area contributed by atoms with Crippen LogP contribution in [0.2, 0.25) is 0 Å². The first-order chi connectivity index (χ1) is 7.09. The topological polar surface area (TPSA) is 41.6 Å². The summed E-state index contributed by atoms with van der Waals surface area (Å²) in [6.07, 6.45) is 0.707. The maximum absolute atomic E-state index is 12.3. The first kappa shape index (κ1) is 12.5. The van der Waals surface area contributed by atoms with E-state index in [1.807, 2.05) is 25.7 Å². The number of hydrogen-bond donors (Lipinski definition) is 1.